The monoisotopic (exact) mass is 231 g/mol. The van der Waals surface area contributed by atoms with Crippen LogP contribution in [0.1, 0.15) is 5.56 Å². The van der Waals surface area contributed by atoms with E-state index in [1.54, 1.807) is 6.92 Å². The molecule has 3 nitrogen and oxygen atoms in total. The predicted molar refractivity (Wildman–Crippen MR) is 55.9 cm³/mol. The SMILES string of the molecule is Cc1cc(OC(=O)N(C)C)c(F)cc1Cl. The maximum atomic E-state index is 13.3. The van der Waals surface area contributed by atoms with Gasteiger partial charge < -0.3 is 9.64 Å². The van der Waals surface area contributed by atoms with Gasteiger partial charge in [0.1, 0.15) is 0 Å². The Kier molecular flexibility index (Phi) is 3.52. The lowest BCUT2D eigenvalue weighted by Crippen LogP contribution is -2.25. The maximum Gasteiger partial charge on any atom is 0.414 e. The second kappa shape index (κ2) is 4.49. The van der Waals surface area contributed by atoms with E-state index in [2.05, 4.69) is 0 Å². The molecule has 5 heteroatoms. The third-order valence-corrected chi connectivity index (χ3v) is 2.18. The first kappa shape index (κ1) is 11.8. The molecular weight excluding hydrogens is 221 g/mol. The summed E-state index contributed by atoms with van der Waals surface area (Å²) in [5.74, 6) is -0.767. The number of ether oxygens (including phenoxy) is 1. The highest BCUT2D eigenvalue weighted by Crippen LogP contribution is 2.25. The molecule has 0 saturated heterocycles. The number of hydrogen-bond donors (Lipinski definition) is 0. The summed E-state index contributed by atoms with van der Waals surface area (Å²) in [4.78, 5) is 12.4. The molecule has 82 valence electrons. The van der Waals surface area contributed by atoms with Crippen LogP contribution < -0.4 is 4.74 Å². The van der Waals surface area contributed by atoms with E-state index in [9.17, 15) is 9.18 Å². The molecule has 0 radical (unpaired) electrons. The molecule has 1 aromatic rings. The van der Waals surface area contributed by atoms with Gasteiger partial charge in [0.25, 0.3) is 0 Å². The number of halogens is 2. The summed E-state index contributed by atoms with van der Waals surface area (Å²) in [7, 11) is 3.03. The van der Waals surface area contributed by atoms with Crippen LogP contribution in [0.2, 0.25) is 5.02 Å². The largest absolute Gasteiger partial charge is 0.414 e. The maximum absolute atomic E-state index is 13.3. The van der Waals surface area contributed by atoms with Crippen molar-refractivity contribution in [1.29, 1.82) is 0 Å². The molecule has 0 unspecified atom stereocenters. The molecule has 0 aliphatic rings. The molecule has 0 fully saturated rings. The van der Waals surface area contributed by atoms with Crippen molar-refractivity contribution in [3.8, 4) is 5.75 Å². The van der Waals surface area contributed by atoms with Crippen LogP contribution in [0.15, 0.2) is 12.1 Å². The van der Waals surface area contributed by atoms with E-state index in [0.717, 1.165) is 6.07 Å². The third-order valence-electron chi connectivity index (χ3n) is 1.78. The van der Waals surface area contributed by atoms with E-state index in [4.69, 9.17) is 16.3 Å². The van der Waals surface area contributed by atoms with Crippen LogP contribution in [0.5, 0.6) is 5.75 Å². The van der Waals surface area contributed by atoms with E-state index in [1.807, 2.05) is 0 Å². The summed E-state index contributed by atoms with van der Waals surface area (Å²) in [6, 6.07) is 2.51. The first-order valence-corrected chi connectivity index (χ1v) is 4.64. The van der Waals surface area contributed by atoms with Crippen molar-refractivity contribution in [1.82, 2.24) is 4.90 Å². The van der Waals surface area contributed by atoms with E-state index in [-0.39, 0.29) is 5.75 Å². The van der Waals surface area contributed by atoms with Gasteiger partial charge in [-0.15, -0.1) is 0 Å². The lowest BCUT2D eigenvalue weighted by Gasteiger charge is -2.11. The summed E-state index contributed by atoms with van der Waals surface area (Å²) in [5.41, 5.74) is 0.652. The zero-order valence-electron chi connectivity index (χ0n) is 8.67. The fourth-order valence-corrected chi connectivity index (χ4v) is 1.04. The average molecular weight is 232 g/mol. The van der Waals surface area contributed by atoms with Crippen LogP contribution in [0.3, 0.4) is 0 Å². The zero-order valence-corrected chi connectivity index (χ0v) is 9.43. The number of benzene rings is 1. The van der Waals surface area contributed by atoms with Crippen LogP contribution >= 0.6 is 11.6 Å². The van der Waals surface area contributed by atoms with Gasteiger partial charge in [0.2, 0.25) is 0 Å². The van der Waals surface area contributed by atoms with E-state index in [1.165, 1.54) is 25.1 Å². The summed E-state index contributed by atoms with van der Waals surface area (Å²) >= 11 is 5.69. The summed E-state index contributed by atoms with van der Waals surface area (Å²) in [6.07, 6.45) is -0.629. The van der Waals surface area contributed by atoms with Gasteiger partial charge in [-0.2, -0.15) is 0 Å². The van der Waals surface area contributed by atoms with Crippen LogP contribution in [-0.4, -0.2) is 25.1 Å². The number of nitrogens with zero attached hydrogens (tertiary/aromatic N) is 1. The number of carbonyl (C=O) groups excluding carboxylic acids is 1. The molecule has 15 heavy (non-hydrogen) atoms. The molecule has 1 aromatic carbocycles. The number of hydrogen-bond acceptors (Lipinski definition) is 2. The first-order chi connectivity index (χ1) is 6.91. The normalized spacial score (nSPS) is 9.93. The molecule has 0 atom stereocenters. The molecule has 0 N–H and O–H groups in total. The third kappa shape index (κ3) is 2.83. The van der Waals surface area contributed by atoms with Crippen molar-refractivity contribution in [3.05, 3.63) is 28.5 Å². The quantitative estimate of drug-likeness (QED) is 0.744. The molecule has 0 aromatic heterocycles. The Morgan fingerprint density at radius 3 is 2.60 bits per heavy atom. The fourth-order valence-electron chi connectivity index (χ4n) is 0.894. The van der Waals surface area contributed by atoms with Crippen molar-refractivity contribution < 1.29 is 13.9 Å². The lowest BCUT2D eigenvalue weighted by molar-refractivity contribution is 0.170. The number of rotatable bonds is 1. The fraction of sp³-hybridized carbons (Fsp3) is 0.300. The number of amides is 1. The predicted octanol–water partition coefficient (Wildman–Crippen LogP) is 2.85. The van der Waals surface area contributed by atoms with Crippen LogP contribution in [0.25, 0.3) is 0 Å². The molecule has 0 heterocycles. The van der Waals surface area contributed by atoms with Crippen LogP contribution in [-0.2, 0) is 0 Å². The van der Waals surface area contributed by atoms with E-state index >= 15 is 0 Å². The Labute approximate surface area is 92.4 Å². The molecular formula is C10H11ClFNO2. The Balaban J connectivity index is 2.96. The second-order valence-corrected chi connectivity index (χ2v) is 3.70. The van der Waals surface area contributed by atoms with Gasteiger partial charge in [-0.05, 0) is 24.6 Å². The van der Waals surface area contributed by atoms with E-state index < -0.39 is 11.9 Å². The van der Waals surface area contributed by atoms with E-state index in [0.29, 0.717) is 10.6 Å². The molecule has 1 amide bonds. The van der Waals surface area contributed by atoms with Gasteiger partial charge in [0.15, 0.2) is 11.6 Å². The molecule has 0 bridgehead atoms. The van der Waals surface area contributed by atoms with Crippen LogP contribution in [0.4, 0.5) is 9.18 Å². The molecule has 0 spiro atoms. The second-order valence-electron chi connectivity index (χ2n) is 3.29. The highest BCUT2D eigenvalue weighted by Gasteiger charge is 2.12. The van der Waals surface area contributed by atoms with Gasteiger partial charge in [-0.1, -0.05) is 11.6 Å². The summed E-state index contributed by atoms with van der Waals surface area (Å²) in [6.45, 7) is 1.70. The molecule has 1 rings (SSSR count). The average Bonchev–Trinajstić information content (AvgIpc) is 2.13. The minimum Gasteiger partial charge on any atom is -0.407 e. The zero-order chi connectivity index (χ0) is 11.6. The molecule has 0 aliphatic carbocycles. The highest BCUT2D eigenvalue weighted by molar-refractivity contribution is 6.31. The Hall–Kier alpha value is -1.29. The smallest absolute Gasteiger partial charge is 0.407 e. The van der Waals surface area contributed by atoms with Crippen molar-refractivity contribution in [3.63, 3.8) is 0 Å². The van der Waals surface area contributed by atoms with Crippen molar-refractivity contribution in [2.45, 2.75) is 6.92 Å². The summed E-state index contributed by atoms with van der Waals surface area (Å²) in [5, 5.41) is 0.303. The van der Waals surface area contributed by atoms with Crippen molar-refractivity contribution in [2.24, 2.45) is 0 Å². The topological polar surface area (TPSA) is 29.5 Å². The Bertz CT molecular complexity index is 393. The highest BCUT2D eigenvalue weighted by atomic mass is 35.5. The van der Waals surface area contributed by atoms with Gasteiger partial charge in [0, 0.05) is 19.1 Å². The van der Waals surface area contributed by atoms with Crippen molar-refractivity contribution in [2.75, 3.05) is 14.1 Å². The lowest BCUT2D eigenvalue weighted by atomic mass is 10.2. The minimum atomic E-state index is -0.652. The summed E-state index contributed by atoms with van der Waals surface area (Å²) < 4.78 is 18.1. The van der Waals surface area contributed by atoms with Crippen LogP contribution in [0, 0.1) is 12.7 Å². The number of carbonyl (C=O) groups is 1. The van der Waals surface area contributed by atoms with Gasteiger partial charge in [0.05, 0.1) is 0 Å². The molecule has 0 aliphatic heterocycles. The van der Waals surface area contributed by atoms with Crippen molar-refractivity contribution >= 4 is 17.7 Å². The van der Waals surface area contributed by atoms with Gasteiger partial charge in [-0.25, -0.2) is 9.18 Å². The number of aryl methyl sites for hydroxylation is 1. The van der Waals surface area contributed by atoms with Gasteiger partial charge >= 0.3 is 6.09 Å². The first-order valence-electron chi connectivity index (χ1n) is 4.26. The Morgan fingerprint density at radius 1 is 1.47 bits per heavy atom. The Morgan fingerprint density at radius 2 is 2.07 bits per heavy atom. The molecule has 0 saturated carbocycles. The van der Waals surface area contributed by atoms with Gasteiger partial charge in [-0.3, -0.25) is 0 Å². The standard InChI is InChI=1S/C10H11ClFNO2/c1-6-4-9(8(12)5-7(6)11)15-10(14)13(2)3/h4-5H,1-3H3. The minimum absolute atomic E-state index is 0.115.